The quantitative estimate of drug-likeness (QED) is 0.844. The maximum Gasteiger partial charge on any atom is 0.230 e. The largest absolute Gasteiger partial charge is 0.496 e. The molecular formula is C16H23NO4S2. The van der Waals surface area contributed by atoms with Crippen LogP contribution in [0.2, 0.25) is 0 Å². The summed E-state index contributed by atoms with van der Waals surface area (Å²) in [4.78, 5) is 12.1. The zero-order valence-corrected chi connectivity index (χ0v) is 15.3. The fourth-order valence-electron chi connectivity index (χ4n) is 2.64. The summed E-state index contributed by atoms with van der Waals surface area (Å²) in [6.45, 7) is 3.91. The molecule has 128 valence electrons. The highest BCUT2D eigenvalue weighted by atomic mass is 32.2. The van der Waals surface area contributed by atoms with Crippen LogP contribution in [0.5, 0.6) is 5.75 Å². The average Bonchev–Trinajstić information content (AvgIpc) is 2.84. The first-order valence-corrected chi connectivity index (χ1v) is 10.4. The summed E-state index contributed by atoms with van der Waals surface area (Å²) in [6.07, 6.45) is 0.640. The van der Waals surface area contributed by atoms with Crippen LogP contribution in [-0.2, 0) is 14.6 Å². The van der Waals surface area contributed by atoms with Gasteiger partial charge in [-0.25, -0.2) is 8.42 Å². The lowest BCUT2D eigenvalue weighted by atomic mass is 10.0. The van der Waals surface area contributed by atoms with Crippen LogP contribution in [0, 0.1) is 6.92 Å². The molecule has 1 N–H and O–H groups in total. The molecule has 1 fully saturated rings. The molecule has 5 nitrogen and oxygen atoms in total. The first kappa shape index (κ1) is 18.1. The van der Waals surface area contributed by atoms with Gasteiger partial charge in [0.15, 0.2) is 9.84 Å². The maximum atomic E-state index is 12.1. The van der Waals surface area contributed by atoms with Gasteiger partial charge in [0, 0.05) is 10.8 Å². The number of nitrogens with one attached hydrogen (secondary N) is 1. The van der Waals surface area contributed by atoms with Gasteiger partial charge in [0.05, 0.1) is 30.4 Å². The lowest BCUT2D eigenvalue weighted by molar-refractivity contribution is -0.119. The number of carbonyl (C=O) groups is 1. The summed E-state index contributed by atoms with van der Waals surface area (Å²) in [5.74, 6) is 1.36. The molecule has 1 aromatic rings. The second-order valence-electron chi connectivity index (χ2n) is 5.87. The Morgan fingerprint density at radius 3 is 2.83 bits per heavy atom. The monoisotopic (exact) mass is 357 g/mol. The van der Waals surface area contributed by atoms with Crippen LogP contribution in [0.1, 0.15) is 30.5 Å². The van der Waals surface area contributed by atoms with Crippen molar-refractivity contribution in [2.45, 2.75) is 31.6 Å². The number of methoxy groups -OCH3 is 1. The Kier molecular flexibility index (Phi) is 5.97. The van der Waals surface area contributed by atoms with E-state index in [9.17, 15) is 13.2 Å². The number of benzene rings is 1. The molecule has 1 aromatic carbocycles. The van der Waals surface area contributed by atoms with E-state index in [1.807, 2.05) is 32.0 Å². The van der Waals surface area contributed by atoms with Crippen molar-refractivity contribution in [3.05, 3.63) is 29.3 Å². The molecule has 7 heteroatoms. The second kappa shape index (κ2) is 7.57. The Morgan fingerprint density at radius 1 is 1.48 bits per heavy atom. The predicted octanol–water partition coefficient (Wildman–Crippen LogP) is 2.10. The molecule has 1 aliphatic heterocycles. The maximum absolute atomic E-state index is 12.1. The Morgan fingerprint density at radius 2 is 2.22 bits per heavy atom. The molecule has 0 unspecified atom stereocenters. The number of aryl methyl sites for hydroxylation is 1. The van der Waals surface area contributed by atoms with Gasteiger partial charge in [-0.15, -0.1) is 11.8 Å². The van der Waals surface area contributed by atoms with Gasteiger partial charge in [-0.05, 0) is 26.3 Å². The van der Waals surface area contributed by atoms with E-state index in [0.717, 1.165) is 16.9 Å². The zero-order valence-electron chi connectivity index (χ0n) is 13.7. The minimum atomic E-state index is -2.89. The summed E-state index contributed by atoms with van der Waals surface area (Å²) in [6, 6.07) is 5.70. The minimum absolute atomic E-state index is 0.0366. The van der Waals surface area contributed by atoms with Gasteiger partial charge in [-0.3, -0.25) is 4.79 Å². The highest BCUT2D eigenvalue weighted by molar-refractivity contribution is 8.02. The van der Waals surface area contributed by atoms with Crippen LogP contribution in [0.3, 0.4) is 0 Å². The Balaban J connectivity index is 1.89. The Labute approximate surface area is 142 Å². The standard InChI is InChI=1S/C16H23NO4S2/c1-11-4-5-15(21-3)14(8-11)12(2)17-16(18)9-22-13-6-7-23(19,20)10-13/h4-5,8,12-13H,6-7,9-10H2,1-3H3,(H,17,18)/t12-,13-/m0/s1. The van der Waals surface area contributed by atoms with E-state index in [0.29, 0.717) is 6.42 Å². The van der Waals surface area contributed by atoms with E-state index < -0.39 is 9.84 Å². The van der Waals surface area contributed by atoms with Gasteiger partial charge < -0.3 is 10.1 Å². The molecule has 1 heterocycles. The summed E-state index contributed by atoms with van der Waals surface area (Å²) in [5, 5.41) is 2.99. The van der Waals surface area contributed by atoms with E-state index in [2.05, 4.69) is 5.32 Å². The third-order valence-corrected chi connectivity index (χ3v) is 7.15. The van der Waals surface area contributed by atoms with Gasteiger partial charge in [-0.2, -0.15) is 0 Å². The first-order valence-electron chi connectivity index (χ1n) is 7.56. The fourth-order valence-corrected chi connectivity index (χ4v) is 6.09. The fraction of sp³-hybridized carbons (Fsp3) is 0.562. The zero-order chi connectivity index (χ0) is 17.0. The number of hydrogen-bond donors (Lipinski definition) is 1. The van der Waals surface area contributed by atoms with Crippen LogP contribution >= 0.6 is 11.8 Å². The normalized spacial score (nSPS) is 20.9. The highest BCUT2D eigenvalue weighted by Gasteiger charge is 2.28. The van der Waals surface area contributed by atoms with Crippen LogP contribution < -0.4 is 10.1 Å². The lowest BCUT2D eigenvalue weighted by Crippen LogP contribution is -2.29. The number of ether oxygens (including phenoxy) is 1. The van der Waals surface area contributed by atoms with Gasteiger partial charge in [0.2, 0.25) is 5.91 Å². The summed E-state index contributed by atoms with van der Waals surface area (Å²) in [7, 11) is -1.28. The van der Waals surface area contributed by atoms with Crippen LogP contribution in [-0.4, -0.2) is 43.9 Å². The summed E-state index contributed by atoms with van der Waals surface area (Å²) in [5.41, 5.74) is 2.04. The minimum Gasteiger partial charge on any atom is -0.496 e. The van der Waals surface area contributed by atoms with E-state index in [1.165, 1.54) is 11.8 Å². The predicted molar refractivity (Wildman–Crippen MR) is 93.8 cm³/mol. The number of sulfone groups is 1. The van der Waals surface area contributed by atoms with Crippen molar-refractivity contribution >= 4 is 27.5 Å². The number of carbonyl (C=O) groups excluding carboxylic acids is 1. The molecule has 0 aliphatic carbocycles. The smallest absolute Gasteiger partial charge is 0.230 e. The van der Waals surface area contributed by atoms with E-state index in [-0.39, 0.29) is 34.5 Å². The Bertz CT molecular complexity index is 673. The molecule has 0 saturated carbocycles. The van der Waals surface area contributed by atoms with Crippen LogP contribution in [0.4, 0.5) is 0 Å². The van der Waals surface area contributed by atoms with Crippen LogP contribution in [0.15, 0.2) is 18.2 Å². The van der Waals surface area contributed by atoms with E-state index in [1.54, 1.807) is 7.11 Å². The summed E-state index contributed by atoms with van der Waals surface area (Å²) < 4.78 is 28.2. The van der Waals surface area contributed by atoms with Crippen molar-refractivity contribution in [1.29, 1.82) is 0 Å². The number of thioether (sulfide) groups is 1. The van der Waals surface area contributed by atoms with Gasteiger partial charge in [0.1, 0.15) is 5.75 Å². The summed E-state index contributed by atoms with van der Waals surface area (Å²) >= 11 is 1.42. The number of hydrogen-bond acceptors (Lipinski definition) is 5. The van der Waals surface area contributed by atoms with E-state index in [4.69, 9.17) is 4.74 Å². The van der Waals surface area contributed by atoms with Crippen LogP contribution in [0.25, 0.3) is 0 Å². The second-order valence-corrected chi connectivity index (χ2v) is 9.39. The molecule has 0 bridgehead atoms. The molecule has 0 spiro atoms. The third-order valence-electron chi connectivity index (χ3n) is 3.87. The molecule has 1 amide bonds. The van der Waals surface area contributed by atoms with Crippen molar-refractivity contribution in [1.82, 2.24) is 5.32 Å². The topological polar surface area (TPSA) is 72.5 Å². The lowest BCUT2D eigenvalue weighted by Gasteiger charge is -2.18. The van der Waals surface area contributed by atoms with Crippen molar-refractivity contribution < 1.29 is 17.9 Å². The Hall–Kier alpha value is -1.21. The number of amides is 1. The molecule has 0 aromatic heterocycles. The molecule has 2 rings (SSSR count). The van der Waals surface area contributed by atoms with E-state index >= 15 is 0 Å². The first-order chi connectivity index (χ1) is 10.8. The molecule has 23 heavy (non-hydrogen) atoms. The average molecular weight is 357 g/mol. The van der Waals surface area contributed by atoms with Gasteiger partial charge in [0.25, 0.3) is 0 Å². The van der Waals surface area contributed by atoms with Gasteiger partial charge >= 0.3 is 0 Å². The van der Waals surface area contributed by atoms with Gasteiger partial charge in [-0.1, -0.05) is 17.7 Å². The molecule has 1 saturated heterocycles. The van der Waals surface area contributed by atoms with Crippen molar-refractivity contribution in [3.8, 4) is 5.75 Å². The molecule has 2 atom stereocenters. The SMILES string of the molecule is COc1ccc(C)cc1[C@H](C)NC(=O)CS[C@H]1CCS(=O)(=O)C1. The highest BCUT2D eigenvalue weighted by Crippen LogP contribution is 2.27. The molecule has 0 radical (unpaired) electrons. The van der Waals surface area contributed by atoms with Crippen molar-refractivity contribution in [3.63, 3.8) is 0 Å². The number of rotatable bonds is 6. The van der Waals surface area contributed by atoms with Crippen molar-refractivity contribution in [2.24, 2.45) is 0 Å². The molecule has 1 aliphatic rings. The molecular weight excluding hydrogens is 334 g/mol. The third kappa shape index (κ3) is 5.14. The van der Waals surface area contributed by atoms with Crippen molar-refractivity contribution in [2.75, 3.05) is 24.4 Å².